The number of esters is 1. The number of pyridine rings is 1. The molecule has 0 radical (unpaired) electrons. The number of carbonyl (C=O) groups is 1. The molecular weight excluding hydrogens is 280 g/mol. The molecule has 1 aliphatic heterocycles. The Morgan fingerprint density at radius 3 is 3.00 bits per heavy atom. The average molecular weight is 291 g/mol. The lowest BCUT2D eigenvalue weighted by atomic mass is 10.2. The Labute approximate surface area is 120 Å². The van der Waals surface area contributed by atoms with Crippen molar-refractivity contribution in [3.63, 3.8) is 0 Å². The highest BCUT2D eigenvalue weighted by atomic mass is 35.5. The van der Waals surface area contributed by atoms with Crippen LogP contribution >= 0.6 is 11.6 Å². The number of nitrogens with one attached hydrogen (secondary N) is 1. The van der Waals surface area contributed by atoms with Crippen molar-refractivity contribution in [1.82, 2.24) is 20.3 Å². The molecule has 20 heavy (non-hydrogen) atoms. The summed E-state index contributed by atoms with van der Waals surface area (Å²) in [5.41, 5.74) is 2.26. The molecule has 102 valence electrons. The van der Waals surface area contributed by atoms with E-state index in [0.717, 1.165) is 11.3 Å². The first kappa shape index (κ1) is 13.0. The molecule has 3 rings (SSSR count). The molecule has 0 spiro atoms. The van der Waals surface area contributed by atoms with E-state index in [2.05, 4.69) is 20.3 Å². The number of hydrogen-bond donors (Lipinski definition) is 1. The minimum Gasteiger partial charge on any atom is -0.464 e. The standard InChI is InChI=1S/C13H11ClN4O2/c1-20-13(19)10-7-5-15-6-9(7)17-12(18-10)11-8(14)3-2-4-16-11/h2-4,15H,5-6H2,1H3. The van der Waals surface area contributed by atoms with Gasteiger partial charge in [0.05, 0.1) is 17.8 Å². The molecule has 0 amide bonds. The zero-order valence-corrected chi connectivity index (χ0v) is 11.4. The number of aromatic nitrogens is 3. The summed E-state index contributed by atoms with van der Waals surface area (Å²) < 4.78 is 4.77. The molecule has 0 aliphatic carbocycles. The molecule has 3 heterocycles. The molecule has 0 saturated carbocycles. The topological polar surface area (TPSA) is 77.0 Å². The summed E-state index contributed by atoms with van der Waals surface area (Å²) >= 11 is 6.10. The van der Waals surface area contributed by atoms with Gasteiger partial charge in [-0.05, 0) is 12.1 Å². The fraction of sp³-hybridized carbons (Fsp3) is 0.231. The number of fused-ring (bicyclic) bond motifs is 1. The van der Waals surface area contributed by atoms with Gasteiger partial charge in [0, 0.05) is 24.8 Å². The van der Waals surface area contributed by atoms with Gasteiger partial charge >= 0.3 is 5.97 Å². The normalized spacial score (nSPS) is 13.1. The van der Waals surface area contributed by atoms with Crippen LogP contribution in [-0.2, 0) is 17.8 Å². The molecular formula is C13H11ClN4O2. The summed E-state index contributed by atoms with van der Waals surface area (Å²) in [4.78, 5) is 24.7. The summed E-state index contributed by atoms with van der Waals surface area (Å²) in [6.07, 6.45) is 1.61. The summed E-state index contributed by atoms with van der Waals surface area (Å²) in [7, 11) is 1.33. The van der Waals surface area contributed by atoms with Gasteiger partial charge in [-0.3, -0.25) is 4.98 Å². The highest BCUT2D eigenvalue weighted by Gasteiger charge is 2.25. The van der Waals surface area contributed by atoms with Crippen LogP contribution in [0.25, 0.3) is 11.5 Å². The Kier molecular flexibility index (Phi) is 3.33. The maximum atomic E-state index is 11.8. The Hall–Kier alpha value is -2.05. The number of ether oxygens (including phenoxy) is 1. The van der Waals surface area contributed by atoms with E-state index in [4.69, 9.17) is 16.3 Å². The molecule has 2 aromatic rings. The van der Waals surface area contributed by atoms with Crippen molar-refractivity contribution in [2.24, 2.45) is 0 Å². The molecule has 0 atom stereocenters. The molecule has 0 aromatic carbocycles. The minimum absolute atomic E-state index is 0.263. The van der Waals surface area contributed by atoms with Gasteiger partial charge in [-0.15, -0.1) is 0 Å². The minimum atomic E-state index is -0.486. The van der Waals surface area contributed by atoms with Crippen molar-refractivity contribution >= 4 is 17.6 Å². The second kappa shape index (κ2) is 5.15. The molecule has 0 bridgehead atoms. The monoisotopic (exact) mass is 290 g/mol. The number of nitrogens with zero attached hydrogens (tertiary/aromatic N) is 3. The molecule has 0 saturated heterocycles. The molecule has 6 nitrogen and oxygen atoms in total. The van der Waals surface area contributed by atoms with Gasteiger partial charge in [0.15, 0.2) is 11.5 Å². The smallest absolute Gasteiger partial charge is 0.357 e. The maximum Gasteiger partial charge on any atom is 0.357 e. The molecule has 2 aromatic heterocycles. The SMILES string of the molecule is COC(=O)c1nc(-c2ncccc2Cl)nc2c1CNC2. The average Bonchev–Trinajstić information content (AvgIpc) is 2.94. The third kappa shape index (κ3) is 2.13. The number of halogens is 1. The zero-order chi connectivity index (χ0) is 14.1. The Balaban J connectivity index is 2.19. The maximum absolute atomic E-state index is 11.8. The molecule has 7 heteroatoms. The van der Waals surface area contributed by atoms with Gasteiger partial charge < -0.3 is 10.1 Å². The highest BCUT2D eigenvalue weighted by molar-refractivity contribution is 6.32. The van der Waals surface area contributed by atoms with Gasteiger partial charge in [0.2, 0.25) is 0 Å². The molecule has 0 fully saturated rings. The number of hydrogen-bond acceptors (Lipinski definition) is 6. The van der Waals surface area contributed by atoms with Crippen LogP contribution in [0.3, 0.4) is 0 Å². The zero-order valence-electron chi connectivity index (χ0n) is 10.7. The van der Waals surface area contributed by atoms with E-state index in [9.17, 15) is 4.79 Å². The van der Waals surface area contributed by atoms with Crippen molar-refractivity contribution < 1.29 is 9.53 Å². The number of methoxy groups -OCH3 is 1. The summed E-state index contributed by atoms with van der Waals surface area (Å²) in [6, 6.07) is 3.43. The van der Waals surface area contributed by atoms with Crippen LogP contribution in [0.5, 0.6) is 0 Å². The van der Waals surface area contributed by atoms with Crippen LogP contribution in [0.2, 0.25) is 5.02 Å². The van der Waals surface area contributed by atoms with E-state index in [-0.39, 0.29) is 5.69 Å². The molecule has 1 N–H and O–H groups in total. The second-order valence-electron chi connectivity index (χ2n) is 4.25. The predicted octanol–water partition coefficient (Wildman–Crippen LogP) is 1.58. The van der Waals surface area contributed by atoms with E-state index in [1.54, 1.807) is 18.3 Å². The van der Waals surface area contributed by atoms with Crippen LogP contribution in [0, 0.1) is 0 Å². The van der Waals surface area contributed by atoms with E-state index in [1.165, 1.54) is 7.11 Å². The largest absolute Gasteiger partial charge is 0.464 e. The Morgan fingerprint density at radius 1 is 1.40 bits per heavy atom. The van der Waals surface area contributed by atoms with Crippen LogP contribution in [0.15, 0.2) is 18.3 Å². The first-order valence-corrected chi connectivity index (χ1v) is 6.38. The van der Waals surface area contributed by atoms with Crippen LogP contribution in [0.1, 0.15) is 21.7 Å². The van der Waals surface area contributed by atoms with Crippen molar-refractivity contribution in [3.05, 3.63) is 40.3 Å². The van der Waals surface area contributed by atoms with E-state index in [0.29, 0.717) is 29.6 Å². The molecule has 0 unspecified atom stereocenters. The van der Waals surface area contributed by atoms with Gasteiger partial charge in [-0.2, -0.15) is 0 Å². The predicted molar refractivity (Wildman–Crippen MR) is 72.2 cm³/mol. The van der Waals surface area contributed by atoms with Crippen LogP contribution < -0.4 is 5.32 Å². The fourth-order valence-electron chi connectivity index (χ4n) is 2.09. The van der Waals surface area contributed by atoms with Gasteiger partial charge in [0.25, 0.3) is 0 Å². The van der Waals surface area contributed by atoms with Crippen molar-refractivity contribution in [2.75, 3.05) is 7.11 Å². The van der Waals surface area contributed by atoms with Crippen molar-refractivity contribution in [1.29, 1.82) is 0 Å². The van der Waals surface area contributed by atoms with E-state index < -0.39 is 5.97 Å². The second-order valence-corrected chi connectivity index (χ2v) is 4.66. The lowest BCUT2D eigenvalue weighted by molar-refractivity contribution is 0.0592. The lowest BCUT2D eigenvalue weighted by Gasteiger charge is -2.08. The third-order valence-corrected chi connectivity index (χ3v) is 3.34. The quantitative estimate of drug-likeness (QED) is 0.846. The van der Waals surface area contributed by atoms with Crippen LogP contribution in [-0.4, -0.2) is 28.0 Å². The van der Waals surface area contributed by atoms with Gasteiger partial charge in [-0.25, -0.2) is 14.8 Å². The van der Waals surface area contributed by atoms with Crippen molar-refractivity contribution in [2.45, 2.75) is 13.1 Å². The first-order valence-electron chi connectivity index (χ1n) is 6.00. The van der Waals surface area contributed by atoms with Crippen LogP contribution in [0.4, 0.5) is 0 Å². The van der Waals surface area contributed by atoms with Gasteiger partial charge in [0.1, 0.15) is 5.69 Å². The highest BCUT2D eigenvalue weighted by Crippen LogP contribution is 2.26. The van der Waals surface area contributed by atoms with E-state index in [1.807, 2.05) is 0 Å². The Bertz CT molecular complexity index is 690. The summed E-state index contributed by atoms with van der Waals surface area (Å²) in [6.45, 7) is 1.13. The number of carbonyl (C=O) groups excluding carboxylic acids is 1. The summed E-state index contributed by atoms with van der Waals surface area (Å²) in [5, 5.41) is 3.58. The first-order chi connectivity index (χ1) is 9.70. The third-order valence-electron chi connectivity index (χ3n) is 3.04. The lowest BCUT2D eigenvalue weighted by Crippen LogP contribution is -2.12. The molecule has 1 aliphatic rings. The number of rotatable bonds is 2. The summed E-state index contributed by atoms with van der Waals surface area (Å²) in [5.74, 6) is -0.154. The fourth-order valence-corrected chi connectivity index (χ4v) is 2.30. The van der Waals surface area contributed by atoms with Gasteiger partial charge in [-0.1, -0.05) is 11.6 Å². The van der Waals surface area contributed by atoms with E-state index >= 15 is 0 Å². The van der Waals surface area contributed by atoms with Crippen molar-refractivity contribution in [3.8, 4) is 11.5 Å². The Morgan fingerprint density at radius 2 is 2.25 bits per heavy atom.